The Morgan fingerprint density at radius 3 is 2.67 bits per heavy atom. The van der Waals surface area contributed by atoms with Gasteiger partial charge in [0, 0.05) is 24.2 Å². The Morgan fingerprint density at radius 1 is 1.22 bits per heavy atom. The van der Waals surface area contributed by atoms with Crippen LogP contribution < -0.4 is 5.32 Å². The van der Waals surface area contributed by atoms with Crippen molar-refractivity contribution in [3.63, 3.8) is 0 Å². The second kappa shape index (κ2) is 4.13. The maximum Gasteiger partial charge on any atom is 0.0513 e. The van der Waals surface area contributed by atoms with E-state index in [-0.39, 0.29) is 0 Å². The molecule has 1 aliphatic rings. The Labute approximate surface area is 109 Å². The summed E-state index contributed by atoms with van der Waals surface area (Å²) in [4.78, 5) is 0. The minimum Gasteiger partial charge on any atom is -0.346 e. The minimum absolute atomic E-state index is 0.544. The van der Waals surface area contributed by atoms with Crippen LogP contribution >= 0.6 is 0 Å². The quantitative estimate of drug-likeness (QED) is 0.809. The molecule has 1 aliphatic heterocycles. The Hall–Kier alpha value is -1.28. The monoisotopic (exact) mass is 242 g/mol. The number of hydrogen-bond acceptors (Lipinski definition) is 1. The highest BCUT2D eigenvalue weighted by Crippen LogP contribution is 2.34. The third kappa shape index (κ3) is 1.59. The van der Waals surface area contributed by atoms with E-state index >= 15 is 0 Å². The number of aromatic nitrogens is 1. The van der Waals surface area contributed by atoms with Crippen LogP contribution in [-0.2, 0) is 7.05 Å². The zero-order chi connectivity index (χ0) is 12.9. The lowest BCUT2D eigenvalue weighted by Crippen LogP contribution is -2.16. The molecule has 0 aliphatic carbocycles. The molecule has 18 heavy (non-hydrogen) atoms. The first-order valence-corrected chi connectivity index (χ1v) is 6.89. The van der Waals surface area contributed by atoms with Crippen molar-refractivity contribution in [2.24, 2.45) is 7.05 Å². The molecule has 0 radical (unpaired) electrons. The Morgan fingerprint density at radius 2 is 2.00 bits per heavy atom. The highest BCUT2D eigenvalue weighted by molar-refractivity contribution is 5.88. The maximum absolute atomic E-state index is 3.63. The molecule has 1 unspecified atom stereocenters. The predicted octanol–water partition coefficient (Wildman–Crippen LogP) is 3.53. The fourth-order valence-corrected chi connectivity index (χ4v) is 3.61. The van der Waals surface area contributed by atoms with Gasteiger partial charge in [-0.25, -0.2) is 0 Å². The molecule has 0 spiro atoms. The highest BCUT2D eigenvalue weighted by Gasteiger charge is 2.23. The molecule has 1 saturated heterocycles. The van der Waals surface area contributed by atoms with Crippen LogP contribution in [0.2, 0.25) is 0 Å². The van der Waals surface area contributed by atoms with Gasteiger partial charge < -0.3 is 9.88 Å². The smallest absolute Gasteiger partial charge is 0.0513 e. The second-order valence-electron chi connectivity index (χ2n) is 5.70. The number of benzene rings is 1. The topological polar surface area (TPSA) is 17.0 Å². The summed E-state index contributed by atoms with van der Waals surface area (Å²) in [6, 6.07) is 5.16. The van der Waals surface area contributed by atoms with E-state index in [4.69, 9.17) is 0 Å². The van der Waals surface area contributed by atoms with Crippen molar-refractivity contribution >= 4 is 10.9 Å². The Kier molecular flexibility index (Phi) is 2.70. The summed E-state index contributed by atoms with van der Waals surface area (Å²) in [5.41, 5.74) is 7.09. The summed E-state index contributed by atoms with van der Waals surface area (Å²) in [6.07, 6.45) is 2.56. The van der Waals surface area contributed by atoms with Gasteiger partial charge in [0.15, 0.2) is 0 Å². The average Bonchev–Trinajstić information content (AvgIpc) is 2.87. The number of hydrogen-bond donors (Lipinski definition) is 1. The van der Waals surface area contributed by atoms with Crippen LogP contribution in [0.15, 0.2) is 12.1 Å². The first kappa shape index (κ1) is 11.8. The summed E-state index contributed by atoms with van der Waals surface area (Å²) < 4.78 is 2.41. The van der Waals surface area contributed by atoms with Gasteiger partial charge in [-0.05, 0) is 57.4 Å². The number of fused-ring (bicyclic) bond motifs is 1. The summed E-state index contributed by atoms with van der Waals surface area (Å²) in [7, 11) is 2.22. The summed E-state index contributed by atoms with van der Waals surface area (Å²) >= 11 is 0. The molecule has 0 amide bonds. The van der Waals surface area contributed by atoms with E-state index in [1.165, 1.54) is 46.1 Å². The predicted molar refractivity (Wildman–Crippen MR) is 77.1 cm³/mol. The molecule has 2 aromatic rings. The Balaban J connectivity index is 2.30. The molecule has 2 heterocycles. The van der Waals surface area contributed by atoms with Gasteiger partial charge in [0.05, 0.1) is 5.52 Å². The number of aryl methyl sites for hydroxylation is 4. The van der Waals surface area contributed by atoms with Crippen LogP contribution in [0.1, 0.15) is 41.3 Å². The van der Waals surface area contributed by atoms with Crippen LogP contribution in [0, 0.1) is 20.8 Å². The highest BCUT2D eigenvalue weighted by atomic mass is 15.0. The third-order valence-electron chi connectivity index (χ3n) is 4.32. The van der Waals surface area contributed by atoms with Crippen LogP contribution in [0.5, 0.6) is 0 Å². The standard InChI is InChI=1S/C16H22N2/c1-10-8-11(2)15-13(9-10)12(3)16(18(15)4)14-6-5-7-17-14/h8-9,14,17H,5-7H2,1-4H3. The van der Waals surface area contributed by atoms with Crippen molar-refractivity contribution < 1.29 is 0 Å². The Bertz CT molecular complexity index is 601. The van der Waals surface area contributed by atoms with E-state index in [2.05, 4.69) is 49.8 Å². The van der Waals surface area contributed by atoms with Crippen molar-refractivity contribution in [2.45, 2.75) is 39.7 Å². The molecule has 1 aromatic carbocycles. The SMILES string of the molecule is Cc1cc(C)c2c(c1)c(C)c(C1CCCN1)n2C. The van der Waals surface area contributed by atoms with Gasteiger partial charge in [-0.15, -0.1) is 0 Å². The first-order chi connectivity index (χ1) is 8.59. The van der Waals surface area contributed by atoms with E-state index in [0.29, 0.717) is 6.04 Å². The van der Waals surface area contributed by atoms with Crippen molar-refractivity contribution in [3.05, 3.63) is 34.5 Å². The average molecular weight is 242 g/mol. The van der Waals surface area contributed by atoms with E-state index in [1.807, 2.05) is 0 Å². The zero-order valence-electron chi connectivity index (χ0n) is 11.8. The van der Waals surface area contributed by atoms with Gasteiger partial charge in [0.2, 0.25) is 0 Å². The molecule has 1 fully saturated rings. The lowest BCUT2D eigenvalue weighted by atomic mass is 10.0. The normalized spacial score (nSPS) is 19.9. The molecule has 2 nitrogen and oxygen atoms in total. The number of rotatable bonds is 1. The molecule has 1 atom stereocenters. The van der Waals surface area contributed by atoms with Gasteiger partial charge in [-0.2, -0.15) is 0 Å². The lowest BCUT2D eigenvalue weighted by molar-refractivity contribution is 0.600. The van der Waals surface area contributed by atoms with E-state index in [0.717, 1.165) is 6.54 Å². The largest absolute Gasteiger partial charge is 0.346 e. The van der Waals surface area contributed by atoms with Gasteiger partial charge in [0.25, 0.3) is 0 Å². The molecular formula is C16H22N2. The summed E-state index contributed by atoms with van der Waals surface area (Å²) in [5.74, 6) is 0. The van der Waals surface area contributed by atoms with Crippen molar-refractivity contribution in [3.8, 4) is 0 Å². The first-order valence-electron chi connectivity index (χ1n) is 6.89. The number of nitrogens with one attached hydrogen (secondary N) is 1. The fraction of sp³-hybridized carbons (Fsp3) is 0.500. The molecule has 0 bridgehead atoms. The second-order valence-corrected chi connectivity index (χ2v) is 5.70. The minimum atomic E-state index is 0.544. The van der Waals surface area contributed by atoms with Crippen molar-refractivity contribution in [1.82, 2.24) is 9.88 Å². The third-order valence-corrected chi connectivity index (χ3v) is 4.32. The molecule has 1 N–H and O–H groups in total. The maximum atomic E-state index is 3.63. The van der Waals surface area contributed by atoms with Gasteiger partial charge in [0.1, 0.15) is 0 Å². The number of nitrogens with zero attached hydrogens (tertiary/aromatic N) is 1. The van der Waals surface area contributed by atoms with E-state index in [9.17, 15) is 0 Å². The van der Waals surface area contributed by atoms with Crippen LogP contribution in [0.25, 0.3) is 10.9 Å². The van der Waals surface area contributed by atoms with Gasteiger partial charge in [-0.1, -0.05) is 11.6 Å². The molecular weight excluding hydrogens is 220 g/mol. The fourth-order valence-electron chi connectivity index (χ4n) is 3.61. The lowest BCUT2D eigenvalue weighted by Gasteiger charge is -2.14. The van der Waals surface area contributed by atoms with Crippen molar-refractivity contribution in [2.75, 3.05) is 6.54 Å². The van der Waals surface area contributed by atoms with Crippen LogP contribution in [0.3, 0.4) is 0 Å². The summed E-state index contributed by atoms with van der Waals surface area (Å²) in [5, 5.41) is 5.06. The van der Waals surface area contributed by atoms with E-state index < -0.39 is 0 Å². The van der Waals surface area contributed by atoms with E-state index in [1.54, 1.807) is 0 Å². The molecule has 3 rings (SSSR count). The molecule has 1 aromatic heterocycles. The van der Waals surface area contributed by atoms with Gasteiger partial charge >= 0.3 is 0 Å². The van der Waals surface area contributed by atoms with Crippen molar-refractivity contribution in [1.29, 1.82) is 0 Å². The summed E-state index contributed by atoms with van der Waals surface area (Å²) in [6.45, 7) is 7.84. The zero-order valence-corrected chi connectivity index (χ0v) is 11.8. The molecule has 0 saturated carbocycles. The van der Waals surface area contributed by atoms with Gasteiger partial charge in [-0.3, -0.25) is 0 Å². The molecule has 2 heteroatoms. The van der Waals surface area contributed by atoms with Crippen LogP contribution in [0.4, 0.5) is 0 Å². The van der Waals surface area contributed by atoms with Crippen LogP contribution in [-0.4, -0.2) is 11.1 Å². The molecule has 96 valence electrons.